The molecule has 1 aliphatic carbocycles. The van der Waals surface area contributed by atoms with Crippen molar-refractivity contribution in [3.63, 3.8) is 0 Å². The van der Waals surface area contributed by atoms with E-state index in [1.54, 1.807) is 0 Å². The molecule has 5 rings (SSSR count). The Kier molecular flexibility index (Phi) is 4.88. The zero-order chi connectivity index (χ0) is 20.5. The molecule has 1 fully saturated rings. The zero-order valence-electron chi connectivity index (χ0n) is 17.4. The molecule has 2 heterocycles. The highest BCUT2D eigenvalue weighted by atomic mass is 15.1. The molecule has 0 aliphatic heterocycles. The monoisotopic (exact) mass is 394 g/mol. The number of hydrogen-bond acceptors (Lipinski definition) is 3. The van der Waals surface area contributed by atoms with Crippen LogP contribution in [0, 0.1) is 18.3 Å². The number of imidazole rings is 1. The summed E-state index contributed by atoms with van der Waals surface area (Å²) in [6.45, 7) is 2.07. The standard InChI is InChI=1S/C26H26N4/c1-18-21(16-19-10-4-2-5-11-19)25(28-20-12-6-3-7-13-20)30-24-15-9-8-14-23(24)29-26(30)22(18)17-27/h2,4-5,8-11,14-15,20,28H,3,6-7,12-13,16H2,1H3. The van der Waals surface area contributed by atoms with E-state index in [2.05, 4.69) is 53.0 Å². The Labute approximate surface area is 177 Å². The van der Waals surface area contributed by atoms with Gasteiger partial charge in [-0.1, -0.05) is 61.7 Å². The van der Waals surface area contributed by atoms with Gasteiger partial charge in [0.25, 0.3) is 0 Å². The normalized spacial score (nSPS) is 14.8. The van der Waals surface area contributed by atoms with Crippen LogP contribution in [0.5, 0.6) is 0 Å². The van der Waals surface area contributed by atoms with Gasteiger partial charge in [0.15, 0.2) is 5.65 Å². The van der Waals surface area contributed by atoms with Crippen LogP contribution in [0.15, 0.2) is 54.6 Å². The van der Waals surface area contributed by atoms with Gasteiger partial charge in [-0.25, -0.2) is 4.98 Å². The lowest BCUT2D eigenvalue weighted by atomic mass is 9.94. The number of anilines is 1. The van der Waals surface area contributed by atoms with Crippen molar-refractivity contribution in [2.24, 2.45) is 0 Å². The Morgan fingerprint density at radius 1 is 1.03 bits per heavy atom. The smallest absolute Gasteiger partial charge is 0.157 e. The van der Waals surface area contributed by atoms with Crippen LogP contribution in [0.1, 0.15) is 54.4 Å². The van der Waals surface area contributed by atoms with E-state index in [9.17, 15) is 5.26 Å². The van der Waals surface area contributed by atoms with Crippen LogP contribution in [-0.4, -0.2) is 15.4 Å². The topological polar surface area (TPSA) is 53.1 Å². The van der Waals surface area contributed by atoms with Crippen LogP contribution >= 0.6 is 0 Å². The van der Waals surface area contributed by atoms with E-state index in [1.807, 2.05) is 24.3 Å². The molecule has 150 valence electrons. The summed E-state index contributed by atoms with van der Waals surface area (Å²) in [7, 11) is 0. The van der Waals surface area contributed by atoms with Crippen LogP contribution in [-0.2, 0) is 6.42 Å². The van der Waals surface area contributed by atoms with E-state index < -0.39 is 0 Å². The first-order valence-corrected chi connectivity index (χ1v) is 10.9. The van der Waals surface area contributed by atoms with Gasteiger partial charge in [0.2, 0.25) is 0 Å². The van der Waals surface area contributed by atoms with Crippen molar-refractivity contribution in [2.45, 2.75) is 51.5 Å². The summed E-state index contributed by atoms with van der Waals surface area (Å²) < 4.78 is 2.19. The fourth-order valence-electron chi connectivity index (χ4n) is 4.79. The van der Waals surface area contributed by atoms with Crippen LogP contribution in [0.2, 0.25) is 0 Å². The molecule has 4 aromatic rings. The van der Waals surface area contributed by atoms with Gasteiger partial charge in [-0.2, -0.15) is 5.26 Å². The van der Waals surface area contributed by atoms with Gasteiger partial charge in [0, 0.05) is 18.0 Å². The Morgan fingerprint density at radius 3 is 2.53 bits per heavy atom. The third-order valence-corrected chi connectivity index (χ3v) is 6.40. The molecule has 4 nitrogen and oxygen atoms in total. The molecular formula is C26H26N4. The van der Waals surface area contributed by atoms with Gasteiger partial charge in [0.05, 0.1) is 16.6 Å². The number of para-hydroxylation sites is 2. The average molecular weight is 395 g/mol. The van der Waals surface area contributed by atoms with Crippen molar-refractivity contribution in [2.75, 3.05) is 5.32 Å². The highest BCUT2D eigenvalue weighted by Crippen LogP contribution is 2.34. The summed E-state index contributed by atoms with van der Waals surface area (Å²) in [5, 5.41) is 13.9. The summed E-state index contributed by atoms with van der Waals surface area (Å²) in [6.07, 6.45) is 7.04. The SMILES string of the molecule is Cc1c(Cc2ccccc2)c(NC2CCCCC2)n2c(nc3ccccc32)c1C#N. The second-order valence-electron chi connectivity index (χ2n) is 8.34. The number of hydrogen-bond donors (Lipinski definition) is 1. The minimum absolute atomic E-state index is 0.463. The second-order valence-corrected chi connectivity index (χ2v) is 8.34. The van der Waals surface area contributed by atoms with Gasteiger partial charge < -0.3 is 5.32 Å². The summed E-state index contributed by atoms with van der Waals surface area (Å²) in [4.78, 5) is 4.85. The fraction of sp³-hybridized carbons (Fsp3) is 0.308. The lowest BCUT2D eigenvalue weighted by Crippen LogP contribution is -2.25. The van der Waals surface area contributed by atoms with Crippen LogP contribution in [0.25, 0.3) is 16.7 Å². The van der Waals surface area contributed by atoms with Gasteiger partial charge >= 0.3 is 0 Å². The van der Waals surface area contributed by atoms with Gasteiger partial charge in [0.1, 0.15) is 11.9 Å². The molecule has 30 heavy (non-hydrogen) atoms. The molecule has 0 saturated heterocycles. The predicted molar refractivity (Wildman–Crippen MR) is 122 cm³/mol. The molecule has 2 aromatic heterocycles. The van der Waals surface area contributed by atoms with E-state index in [1.165, 1.54) is 43.2 Å². The van der Waals surface area contributed by atoms with E-state index in [4.69, 9.17) is 4.98 Å². The molecule has 4 heteroatoms. The minimum Gasteiger partial charge on any atom is -0.368 e. The minimum atomic E-state index is 0.463. The number of nitriles is 1. The highest BCUT2D eigenvalue weighted by Gasteiger charge is 2.23. The van der Waals surface area contributed by atoms with E-state index in [0.29, 0.717) is 11.6 Å². The average Bonchev–Trinajstić information content (AvgIpc) is 3.17. The number of pyridine rings is 1. The first-order chi connectivity index (χ1) is 14.8. The molecule has 0 atom stereocenters. The molecule has 1 N–H and O–H groups in total. The van der Waals surface area contributed by atoms with Crippen molar-refractivity contribution in [1.82, 2.24) is 9.38 Å². The predicted octanol–water partition coefficient (Wildman–Crippen LogP) is 6.00. The number of nitrogens with one attached hydrogen (secondary N) is 1. The number of rotatable bonds is 4. The first-order valence-electron chi connectivity index (χ1n) is 10.9. The van der Waals surface area contributed by atoms with Gasteiger partial charge in [-0.15, -0.1) is 0 Å². The highest BCUT2D eigenvalue weighted by molar-refractivity contribution is 5.86. The quantitative estimate of drug-likeness (QED) is 0.462. The number of fused-ring (bicyclic) bond motifs is 3. The van der Waals surface area contributed by atoms with Crippen molar-refractivity contribution < 1.29 is 0 Å². The number of benzene rings is 2. The number of nitrogens with zero attached hydrogens (tertiary/aromatic N) is 3. The zero-order valence-corrected chi connectivity index (χ0v) is 17.4. The van der Waals surface area contributed by atoms with Crippen molar-refractivity contribution >= 4 is 22.5 Å². The molecule has 0 radical (unpaired) electrons. The van der Waals surface area contributed by atoms with E-state index in [-0.39, 0.29) is 0 Å². The Morgan fingerprint density at radius 2 is 1.77 bits per heavy atom. The molecule has 2 aromatic carbocycles. The summed E-state index contributed by atoms with van der Waals surface area (Å²) >= 11 is 0. The molecule has 1 saturated carbocycles. The molecular weight excluding hydrogens is 368 g/mol. The summed E-state index contributed by atoms with van der Waals surface area (Å²) in [5.41, 5.74) is 6.88. The Bertz CT molecular complexity index is 1240. The molecule has 1 aliphatic rings. The molecule has 0 bridgehead atoms. The van der Waals surface area contributed by atoms with Gasteiger partial charge in [-0.3, -0.25) is 4.40 Å². The fourth-order valence-corrected chi connectivity index (χ4v) is 4.79. The maximum Gasteiger partial charge on any atom is 0.157 e. The van der Waals surface area contributed by atoms with Crippen LogP contribution in [0.4, 0.5) is 5.82 Å². The van der Waals surface area contributed by atoms with Crippen LogP contribution < -0.4 is 5.32 Å². The molecule has 0 spiro atoms. The van der Waals surface area contributed by atoms with Crippen molar-refractivity contribution in [3.05, 3.63) is 76.9 Å². The Balaban J connectivity index is 1.78. The van der Waals surface area contributed by atoms with Crippen molar-refractivity contribution in [1.29, 1.82) is 5.26 Å². The summed E-state index contributed by atoms with van der Waals surface area (Å²) in [6, 6.07) is 21.6. The van der Waals surface area contributed by atoms with E-state index in [0.717, 1.165) is 34.5 Å². The third kappa shape index (κ3) is 3.21. The van der Waals surface area contributed by atoms with Gasteiger partial charge in [-0.05, 0) is 43.0 Å². The van der Waals surface area contributed by atoms with E-state index >= 15 is 0 Å². The molecule has 0 unspecified atom stereocenters. The van der Waals surface area contributed by atoms with Crippen molar-refractivity contribution in [3.8, 4) is 6.07 Å². The maximum absolute atomic E-state index is 10.0. The second kappa shape index (κ2) is 7.84. The number of aromatic nitrogens is 2. The largest absolute Gasteiger partial charge is 0.368 e. The lowest BCUT2D eigenvalue weighted by Gasteiger charge is -2.27. The lowest BCUT2D eigenvalue weighted by molar-refractivity contribution is 0.461. The molecule has 0 amide bonds. The third-order valence-electron chi connectivity index (χ3n) is 6.40. The first kappa shape index (κ1) is 18.7. The van der Waals surface area contributed by atoms with Crippen LogP contribution in [0.3, 0.4) is 0 Å². The maximum atomic E-state index is 10.0. The Hall–Kier alpha value is -3.32. The summed E-state index contributed by atoms with van der Waals surface area (Å²) in [5.74, 6) is 1.10.